The standard InChI is InChI=1S/C23H27N7O5/c1-34-19-13-17-16(12-18(19)28-21(31)3-2-4-22(32)29-33)23(26-14-25-17)27-15-5-6-24-20(11-15)30-7-9-35-10-8-30/h5-6,11-14,33H,2-4,7-10H2,1H3,(H,28,31)(H,29,32)(H,24,25,26,27). The Hall–Kier alpha value is -4.03. The summed E-state index contributed by atoms with van der Waals surface area (Å²) >= 11 is 0. The molecule has 1 fully saturated rings. The van der Waals surface area contributed by atoms with E-state index >= 15 is 0 Å². The molecule has 1 aliphatic rings. The lowest BCUT2D eigenvalue weighted by molar-refractivity contribution is -0.129. The van der Waals surface area contributed by atoms with Gasteiger partial charge < -0.3 is 25.0 Å². The third kappa shape index (κ3) is 6.11. The number of morpholine rings is 1. The van der Waals surface area contributed by atoms with Crippen LogP contribution in [0.15, 0.2) is 36.8 Å². The smallest absolute Gasteiger partial charge is 0.243 e. The first-order chi connectivity index (χ1) is 17.1. The zero-order valence-electron chi connectivity index (χ0n) is 19.3. The predicted octanol–water partition coefficient (Wildman–Crippen LogP) is 2.23. The molecule has 1 saturated heterocycles. The first kappa shape index (κ1) is 24.1. The number of methoxy groups -OCH3 is 1. The highest BCUT2D eigenvalue weighted by atomic mass is 16.5. The molecule has 4 rings (SSSR count). The van der Waals surface area contributed by atoms with Gasteiger partial charge in [0.2, 0.25) is 11.8 Å². The lowest BCUT2D eigenvalue weighted by Crippen LogP contribution is -2.36. The molecule has 12 heteroatoms. The minimum absolute atomic E-state index is 0.0407. The van der Waals surface area contributed by atoms with E-state index in [9.17, 15) is 9.59 Å². The van der Waals surface area contributed by atoms with Crippen LogP contribution in [0.25, 0.3) is 10.9 Å². The summed E-state index contributed by atoms with van der Waals surface area (Å²) in [6, 6.07) is 7.28. The quantitative estimate of drug-likeness (QED) is 0.264. The molecule has 3 heterocycles. The Morgan fingerprint density at radius 1 is 1.11 bits per heavy atom. The zero-order valence-corrected chi connectivity index (χ0v) is 19.3. The van der Waals surface area contributed by atoms with Crippen LogP contribution in [-0.4, -0.2) is 65.4 Å². The fourth-order valence-electron chi connectivity index (χ4n) is 3.73. The fourth-order valence-corrected chi connectivity index (χ4v) is 3.73. The van der Waals surface area contributed by atoms with Gasteiger partial charge in [-0.25, -0.2) is 20.4 Å². The maximum Gasteiger partial charge on any atom is 0.243 e. The van der Waals surface area contributed by atoms with Gasteiger partial charge in [0.1, 0.15) is 23.7 Å². The number of carbonyl (C=O) groups excluding carboxylic acids is 2. The Morgan fingerprint density at radius 3 is 2.69 bits per heavy atom. The largest absolute Gasteiger partial charge is 0.494 e. The van der Waals surface area contributed by atoms with Gasteiger partial charge in [-0.1, -0.05) is 0 Å². The van der Waals surface area contributed by atoms with Gasteiger partial charge in [0.05, 0.1) is 31.5 Å². The summed E-state index contributed by atoms with van der Waals surface area (Å²) in [6.45, 7) is 2.89. The molecule has 1 aliphatic heterocycles. The van der Waals surface area contributed by atoms with Gasteiger partial charge in [-0.2, -0.15) is 0 Å². The van der Waals surface area contributed by atoms with Crippen LogP contribution in [0.2, 0.25) is 0 Å². The number of ether oxygens (including phenoxy) is 2. The number of rotatable bonds is 9. The highest BCUT2D eigenvalue weighted by Gasteiger charge is 2.15. The number of fused-ring (bicyclic) bond motifs is 1. The van der Waals surface area contributed by atoms with Gasteiger partial charge >= 0.3 is 0 Å². The average Bonchev–Trinajstić information content (AvgIpc) is 2.89. The molecule has 0 aliphatic carbocycles. The van der Waals surface area contributed by atoms with Crippen LogP contribution < -0.4 is 25.8 Å². The van der Waals surface area contributed by atoms with Crippen molar-refractivity contribution in [3.8, 4) is 5.75 Å². The van der Waals surface area contributed by atoms with E-state index in [4.69, 9.17) is 14.7 Å². The van der Waals surface area contributed by atoms with Crippen LogP contribution in [0.5, 0.6) is 5.75 Å². The summed E-state index contributed by atoms with van der Waals surface area (Å²) in [6.07, 6.45) is 3.63. The van der Waals surface area contributed by atoms with Crippen molar-refractivity contribution >= 4 is 45.7 Å². The monoisotopic (exact) mass is 481 g/mol. The number of aromatic nitrogens is 3. The Balaban J connectivity index is 1.55. The fraction of sp³-hybridized carbons (Fsp3) is 0.348. The second-order valence-electron chi connectivity index (χ2n) is 7.86. The summed E-state index contributed by atoms with van der Waals surface area (Å²) in [7, 11) is 1.51. The zero-order chi connectivity index (χ0) is 24.6. The van der Waals surface area contributed by atoms with E-state index in [1.54, 1.807) is 23.8 Å². The number of hydroxylamine groups is 1. The molecule has 1 aromatic carbocycles. The van der Waals surface area contributed by atoms with Crippen molar-refractivity contribution < 1.29 is 24.3 Å². The molecular formula is C23H27N7O5. The molecule has 0 bridgehead atoms. The number of hydrogen-bond acceptors (Lipinski definition) is 10. The van der Waals surface area contributed by atoms with E-state index in [0.29, 0.717) is 41.4 Å². The number of pyridine rings is 1. The molecule has 0 saturated carbocycles. The minimum Gasteiger partial charge on any atom is -0.494 e. The minimum atomic E-state index is -0.540. The van der Waals surface area contributed by atoms with Gasteiger partial charge in [0, 0.05) is 55.3 Å². The van der Waals surface area contributed by atoms with Crippen molar-refractivity contribution in [2.45, 2.75) is 19.3 Å². The van der Waals surface area contributed by atoms with E-state index in [1.165, 1.54) is 13.4 Å². The van der Waals surface area contributed by atoms with Gasteiger partial charge in [0.15, 0.2) is 0 Å². The van der Waals surface area contributed by atoms with Gasteiger partial charge in [-0.05, 0) is 18.6 Å². The molecular weight excluding hydrogens is 454 g/mol. The van der Waals surface area contributed by atoms with Crippen LogP contribution >= 0.6 is 0 Å². The highest BCUT2D eigenvalue weighted by molar-refractivity contribution is 5.99. The molecule has 184 valence electrons. The van der Waals surface area contributed by atoms with Crippen LogP contribution in [0.1, 0.15) is 19.3 Å². The SMILES string of the molecule is COc1cc2ncnc(Nc3ccnc(N4CCOCC4)c3)c2cc1NC(=O)CCCC(=O)NO. The molecule has 0 atom stereocenters. The number of nitrogens with one attached hydrogen (secondary N) is 3. The van der Waals surface area contributed by atoms with Crippen molar-refractivity contribution in [3.63, 3.8) is 0 Å². The summed E-state index contributed by atoms with van der Waals surface area (Å²) in [5.41, 5.74) is 3.46. The Kier molecular flexibility index (Phi) is 7.85. The second kappa shape index (κ2) is 11.4. The number of amides is 2. The maximum absolute atomic E-state index is 12.4. The number of carbonyl (C=O) groups is 2. The molecule has 2 aromatic heterocycles. The summed E-state index contributed by atoms with van der Waals surface area (Å²) < 4.78 is 10.9. The van der Waals surface area contributed by atoms with E-state index in [1.807, 2.05) is 12.1 Å². The molecule has 2 amide bonds. The summed E-state index contributed by atoms with van der Waals surface area (Å²) in [5, 5.41) is 15.4. The summed E-state index contributed by atoms with van der Waals surface area (Å²) in [5.74, 6) is 1.03. The van der Waals surface area contributed by atoms with Crippen molar-refractivity contribution in [1.82, 2.24) is 20.4 Å². The number of nitrogens with zero attached hydrogens (tertiary/aromatic N) is 4. The molecule has 0 radical (unpaired) electrons. The van der Waals surface area contributed by atoms with Crippen molar-refractivity contribution in [1.29, 1.82) is 0 Å². The topological polar surface area (TPSA) is 151 Å². The van der Waals surface area contributed by atoms with Crippen LogP contribution in [0, 0.1) is 0 Å². The average molecular weight is 482 g/mol. The Morgan fingerprint density at radius 2 is 1.91 bits per heavy atom. The van der Waals surface area contributed by atoms with Gasteiger partial charge in [-0.15, -0.1) is 0 Å². The van der Waals surface area contributed by atoms with E-state index < -0.39 is 5.91 Å². The van der Waals surface area contributed by atoms with Crippen molar-refractivity contribution in [2.24, 2.45) is 0 Å². The number of benzene rings is 1. The molecule has 35 heavy (non-hydrogen) atoms. The highest BCUT2D eigenvalue weighted by Crippen LogP contribution is 2.33. The third-order valence-electron chi connectivity index (χ3n) is 5.51. The van der Waals surface area contributed by atoms with E-state index in [-0.39, 0.29) is 25.2 Å². The van der Waals surface area contributed by atoms with Crippen molar-refractivity contribution in [3.05, 3.63) is 36.8 Å². The molecule has 0 unspecified atom stereocenters. The lowest BCUT2D eigenvalue weighted by atomic mass is 10.1. The van der Waals surface area contributed by atoms with E-state index in [0.717, 1.165) is 24.6 Å². The molecule has 0 spiro atoms. The van der Waals surface area contributed by atoms with Gasteiger partial charge in [0.25, 0.3) is 0 Å². The first-order valence-corrected chi connectivity index (χ1v) is 11.2. The molecule has 4 N–H and O–H groups in total. The third-order valence-corrected chi connectivity index (χ3v) is 5.51. The Bertz CT molecular complexity index is 1200. The predicted molar refractivity (Wildman–Crippen MR) is 129 cm³/mol. The van der Waals surface area contributed by atoms with Crippen LogP contribution in [0.3, 0.4) is 0 Å². The number of hydrogen-bond donors (Lipinski definition) is 4. The number of anilines is 4. The van der Waals surface area contributed by atoms with E-state index in [2.05, 4.69) is 30.5 Å². The first-order valence-electron chi connectivity index (χ1n) is 11.2. The van der Waals surface area contributed by atoms with Crippen molar-refractivity contribution in [2.75, 3.05) is 48.9 Å². The van der Waals surface area contributed by atoms with Crippen LogP contribution in [0.4, 0.5) is 23.0 Å². The maximum atomic E-state index is 12.4. The Labute approximate surface area is 201 Å². The second-order valence-corrected chi connectivity index (χ2v) is 7.86. The van der Waals surface area contributed by atoms with Crippen LogP contribution in [-0.2, 0) is 14.3 Å². The van der Waals surface area contributed by atoms with Gasteiger partial charge in [-0.3, -0.25) is 14.8 Å². The lowest BCUT2D eigenvalue weighted by Gasteiger charge is -2.28. The molecule has 12 nitrogen and oxygen atoms in total. The normalized spacial score (nSPS) is 13.4. The molecule has 3 aromatic rings. The summed E-state index contributed by atoms with van der Waals surface area (Å²) in [4.78, 5) is 38.9.